The Morgan fingerprint density at radius 2 is 1.24 bits per heavy atom. The summed E-state index contributed by atoms with van der Waals surface area (Å²) >= 11 is 6.19. The summed E-state index contributed by atoms with van der Waals surface area (Å²) in [4.78, 5) is 71.5. The zero-order valence-electron chi connectivity index (χ0n) is 35.6. The Bertz CT molecular complexity index is 2270. The summed E-state index contributed by atoms with van der Waals surface area (Å²) in [5.41, 5.74) is 4.46. The quantitative estimate of drug-likeness (QED) is 0.0625. The average Bonchev–Trinajstić information content (AvgIpc) is 3.67. The van der Waals surface area contributed by atoms with E-state index >= 15 is 0 Å². The largest absolute Gasteiger partial charge is 0.445 e. The molecule has 1 unspecified atom stereocenters. The Hall–Kier alpha value is -6.18. The van der Waals surface area contributed by atoms with E-state index in [2.05, 4.69) is 31.6 Å². The molecule has 332 valence electrons. The van der Waals surface area contributed by atoms with Gasteiger partial charge in [0.05, 0.1) is 18.8 Å². The Morgan fingerprint density at radius 1 is 0.651 bits per heavy atom. The van der Waals surface area contributed by atoms with Gasteiger partial charge in [0.25, 0.3) is 0 Å². The number of alkyl carbamates (subject to hydrolysis) is 1. The molecule has 1 aliphatic rings. The Morgan fingerprint density at radius 3 is 1.97 bits per heavy atom. The second kappa shape index (κ2) is 23.9. The van der Waals surface area contributed by atoms with E-state index in [4.69, 9.17) is 21.1 Å². The lowest BCUT2D eigenvalue weighted by molar-refractivity contribution is -0.127. The fourth-order valence-electron chi connectivity index (χ4n) is 7.80. The van der Waals surface area contributed by atoms with Crippen LogP contribution in [0.25, 0.3) is 10.9 Å². The number of aromatic amines is 1. The highest BCUT2D eigenvalue weighted by Crippen LogP contribution is 2.21. The van der Waals surface area contributed by atoms with Crippen molar-refractivity contribution >= 4 is 52.2 Å². The second-order valence-corrected chi connectivity index (χ2v) is 16.5. The number of carbonyl (C=O) groups excluding carboxylic acids is 5. The van der Waals surface area contributed by atoms with Crippen LogP contribution >= 0.6 is 11.6 Å². The molecule has 1 saturated heterocycles. The van der Waals surface area contributed by atoms with Crippen LogP contribution < -0.4 is 26.6 Å². The van der Waals surface area contributed by atoms with Gasteiger partial charge in [0.15, 0.2) is 0 Å². The van der Waals surface area contributed by atoms with Crippen molar-refractivity contribution in [2.45, 2.75) is 108 Å². The van der Waals surface area contributed by atoms with Crippen molar-refractivity contribution in [2.75, 3.05) is 6.54 Å². The maximum atomic E-state index is 14.0. The first-order valence-corrected chi connectivity index (χ1v) is 22.0. The van der Waals surface area contributed by atoms with Gasteiger partial charge in [0, 0.05) is 78.0 Å². The number of hydrogen-bond acceptors (Lipinski definition) is 7. The van der Waals surface area contributed by atoms with Crippen molar-refractivity contribution in [1.82, 2.24) is 31.6 Å². The molecule has 6 rings (SSSR count). The monoisotopic (exact) mass is 876 g/mol. The lowest BCUT2D eigenvalue weighted by Crippen LogP contribution is -2.51. The van der Waals surface area contributed by atoms with Crippen LogP contribution in [0.5, 0.6) is 0 Å². The summed E-state index contributed by atoms with van der Waals surface area (Å²) in [5, 5.41) is 16.6. The number of fused-ring (bicyclic) bond motifs is 1. The fraction of sp³-hybridized carbons (Fsp3) is 0.367. The summed E-state index contributed by atoms with van der Waals surface area (Å²) < 4.78 is 11.5. The Labute approximate surface area is 373 Å². The molecule has 0 radical (unpaired) electrons. The summed E-state index contributed by atoms with van der Waals surface area (Å²) in [6.45, 7) is 2.43. The SMILES string of the molecule is C[C@@H](OCc1ccccc1)[C@H]1CC(=O)NC(CCCCNC(=O)OCc2ccccc2Cl)CC(=O)N[C@@H](Cc2c[nH]c3ccccc23)CC(=O)N[C@@H](Cc2ccccc2)CC(=O)N1. The summed E-state index contributed by atoms with van der Waals surface area (Å²) in [6, 6.07) is 31.7. The molecule has 6 N–H and O–H groups in total. The number of halogens is 1. The van der Waals surface area contributed by atoms with Crippen molar-refractivity contribution < 1.29 is 33.4 Å². The van der Waals surface area contributed by atoms with Crippen molar-refractivity contribution in [2.24, 2.45) is 0 Å². The lowest BCUT2D eigenvalue weighted by atomic mass is 9.98. The molecule has 5 aromatic rings. The highest BCUT2D eigenvalue weighted by molar-refractivity contribution is 6.31. The van der Waals surface area contributed by atoms with Gasteiger partial charge in [-0.05, 0) is 67.9 Å². The van der Waals surface area contributed by atoms with Crippen LogP contribution in [0.4, 0.5) is 4.79 Å². The van der Waals surface area contributed by atoms with E-state index in [0.717, 1.165) is 27.6 Å². The third-order valence-corrected chi connectivity index (χ3v) is 11.5. The Kier molecular flexibility index (Phi) is 17.6. The number of rotatable bonds is 15. The second-order valence-electron chi connectivity index (χ2n) is 16.1. The van der Waals surface area contributed by atoms with E-state index in [1.54, 1.807) is 18.2 Å². The number of benzene rings is 4. The summed E-state index contributed by atoms with van der Waals surface area (Å²) in [5.74, 6) is -1.32. The zero-order valence-corrected chi connectivity index (χ0v) is 36.3. The predicted molar refractivity (Wildman–Crippen MR) is 243 cm³/mol. The van der Waals surface area contributed by atoms with Crippen LogP contribution in [0.1, 0.15) is 74.1 Å². The van der Waals surface area contributed by atoms with Crippen LogP contribution in [0.3, 0.4) is 0 Å². The molecule has 63 heavy (non-hydrogen) atoms. The topological polar surface area (TPSA) is 180 Å². The molecular formula is C49H57ClN6O7. The van der Waals surface area contributed by atoms with Crippen molar-refractivity contribution in [1.29, 1.82) is 0 Å². The van der Waals surface area contributed by atoms with Crippen molar-refractivity contribution in [3.63, 3.8) is 0 Å². The molecule has 5 amide bonds. The first-order chi connectivity index (χ1) is 30.6. The van der Waals surface area contributed by atoms with E-state index < -0.39 is 36.4 Å². The first-order valence-electron chi connectivity index (χ1n) is 21.6. The standard InChI is InChI=1S/C49H57ClN6O7/c1-33(62-31-35-16-6-3-7-17-35)44-29-48(60)53-38(19-12-13-23-51-49(61)63-32-36-18-8-10-21-42(36)50)26-45(57)55-40(25-37-30-52-43-22-11-9-20-41(37)43)28-46(58)54-39(27-47(59)56-44)24-34-14-4-2-5-15-34/h2-11,14-18,20-22,30,33,38-40,44,52H,12-13,19,23-29,31-32H2,1H3,(H,51,61)(H,53,60)(H,54,58)(H,55,57)(H,56,59)/t33-,38?,39+,40+,44-/m1/s1. The minimum Gasteiger partial charge on any atom is -0.445 e. The van der Waals surface area contributed by atoms with Gasteiger partial charge in [-0.15, -0.1) is 0 Å². The number of para-hydroxylation sites is 1. The van der Waals surface area contributed by atoms with Crippen LogP contribution in [0.2, 0.25) is 5.02 Å². The zero-order chi connectivity index (χ0) is 44.4. The molecule has 1 fully saturated rings. The van der Waals surface area contributed by atoms with Gasteiger partial charge in [0.1, 0.15) is 6.61 Å². The highest BCUT2D eigenvalue weighted by atomic mass is 35.5. The predicted octanol–water partition coefficient (Wildman–Crippen LogP) is 6.82. The molecule has 1 aromatic heterocycles. The van der Waals surface area contributed by atoms with E-state index in [1.165, 1.54) is 0 Å². The number of amides is 5. The molecule has 13 nitrogen and oxygen atoms in total. The number of ether oxygens (including phenoxy) is 2. The van der Waals surface area contributed by atoms with Gasteiger partial charge in [-0.1, -0.05) is 109 Å². The molecule has 1 aliphatic heterocycles. The third-order valence-electron chi connectivity index (χ3n) is 11.1. The maximum Gasteiger partial charge on any atom is 0.407 e. The van der Waals surface area contributed by atoms with Crippen molar-refractivity contribution in [3.05, 3.63) is 143 Å². The molecule has 14 heteroatoms. The smallest absolute Gasteiger partial charge is 0.407 e. The number of carbonyl (C=O) groups is 5. The van der Waals surface area contributed by atoms with Crippen LogP contribution in [0.15, 0.2) is 115 Å². The minimum absolute atomic E-state index is 0.0311. The molecule has 2 heterocycles. The van der Waals surface area contributed by atoms with Crippen LogP contribution in [-0.4, -0.2) is 71.5 Å². The lowest BCUT2D eigenvalue weighted by Gasteiger charge is -2.28. The summed E-state index contributed by atoms with van der Waals surface area (Å²) in [6.07, 6.45) is 2.76. The molecule has 5 atom stereocenters. The molecule has 0 saturated carbocycles. The van der Waals surface area contributed by atoms with E-state index in [-0.39, 0.29) is 62.5 Å². The van der Waals surface area contributed by atoms with Gasteiger partial charge in [-0.3, -0.25) is 19.2 Å². The summed E-state index contributed by atoms with van der Waals surface area (Å²) in [7, 11) is 0. The van der Waals surface area contributed by atoms with Crippen LogP contribution in [-0.2, 0) is 54.7 Å². The van der Waals surface area contributed by atoms with E-state index in [9.17, 15) is 24.0 Å². The Balaban J connectivity index is 1.17. The number of H-pyrrole nitrogens is 1. The number of unbranched alkanes of at least 4 members (excludes halogenated alkanes) is 1. The van der Waals surface area contributed by atoms with Crippen molar-refractivity contribution in [3.8, 4) is 0 Å². The molecular weight excluding hydrogens is 820 g/mol. The number of hydrogen-bond donors (Lipinski definition) is 6. The van der Waals surface area contributed by atoms with Gasteiger partial charge in [-0.25, -0.2) is 4.79 Å². The first kappa shape index (κ1) is 46.3. The molecule has 0 bridgehead atoms. The van der Waals surface area contributed by atoms with E-state index in [0.29, 0.717) is 49.2 Å². The van der Waals surface area contributed by atoms with Gasteiger partial charge in [-0.2, -0.15) is 0 Å². The van der Waals surface area contributed by atoms with Crippen LogP contribution in [0, 0.1) is 0 Å². The van der Waals surface area contributed by atoms with Gasteiger partial charge < -0.3 is 41.0 Å². The average molecular weight is 877 g/mol. The maximum absolute atomic E-state index is 14.0. The number of nitrogens with one attached hydrogen (secondary N) is 6. The third kappa shape index (κ3) is 15.3. The van der Waals surface area contributed by atoms with Gasteiger partial charge >= 0.3 is 6.09 Å². The highest BCUT2D eigenvalue weighted by Gasteiger charge is 2.29. The molecule has 4 aromatic carbocycles. The molecule has 0 spiro atoms. The fourth-order valence-corrected chi connectivity index (χ4v) is 7.99. The normalized spacial score (nSPS) is 19.6. The number of aromatic nitrogens is 1. The molecule has 0 aliphatic carbocycles. The van der Waals surface area contributed by atoms with E-state index in [1.807, 2.05) is 104 Å². The van der Waals surface area contributed by atoms with Gasteiger partial charge in [0.2, 0.25) is 23.6 Å². The minimum atomic E-state index is -0.724.